The lowest BCUT2D eigenvalue weighted by atomic mass is 10.1. The third kappa shape index (κ3) is 4.10. The number of carbonyl (C=O) groups excluding carboxylic acids is 2. The molecule has 2 heterocycles. The summed E-state index contributed by atoms with van der Waals surface area (Å²) in [7, 11) is 0. The molecule has 0 bridgehead atoms. The van der Waals surface area contributed by atoms with Crippen molar-refractivity contribution in [3.05, 3.63) is 77.6 Å². The average molecular weight is 406 g/mol. The molecule has 1 aromatic heterocycles. The number of carbonyl (C=O) groups is 2. The minimum Gasteiger partial charge on any atom is -0.338 e. The van der Waals surface area contributed by atoms with E-state index < -0.39 is 11.7 Å². The molecule has 30 heavy (non-hydrogen) atoms. The summed E-state index contributed by atoms with van der Waals surface area (Å²) in [5.74, 6) is -0.573. The molecule has 2 aromatic carbocycles. The molecule has 1 aliphatic rings. The van der Waals surface area contributed by atoms with Crippen molar-refractivity contribution < 1.29 is 14.0 Å². The van der Waals surface area contributed by atoms with Crippen LogP contribution in [0.3, 0.4) is 0 Å². The van der Waals surface area contributed by atoms with Crippen LogP contribution >= 0.6 is 0 Å². The molecule has 3 aromatic rings. The first kappa shape index (κ1) is 19.8. The average Bonchev–Trinajstić information content (AvgIpc) is 3.30. The zero-order valence-electron chi connectivity index (χ0n) is 16.9. The number of nitrogens with zero attached hydrogens (tertiary/aromatic N) is 3. The Bertz CT molecular complexity index is 1090. The highest BCUT2D eigenvalue weighted by molar-refractivity contribution is 5.97. The summed E-state index contributed by atoms with van der Waals surface area (Å²) in [5, 5.41) is 2.74. The number of nitrogens with one attached hydrogen (secondary N) is 1. The van der Waals surface area contributed by atoms with E-state index in [9.17, 15) is 14.0 Å². The number of aromatic nitrogens is 2. The van der Waals surface area contributed by atoms with Gasteiger partial charge in [-0.05, 0) is 37.6 Å². The fourth-order valence-corrected chi connectivity index (χ4v) is 3.67. The molecule has 1 aliphatic heterocycles. The van der Waals surface area contributed by atoms with Crippen LogP contribution in [0, 0.1) is 25.6 Å². The molecule has 1 N–H and O–H groups in total. The van der Waals surface area contributed by atoms with Crippen molar-refractivity contribution in [2.24, 2.45) is 5.92 Å². The van der Waals surface area contributed by atoms with E-state index in [1.807, 2.05) is 31.2 Å². The summed E-state index contributed by atoms with van der Waals surface area (Å²) >= 11 is 0. The van der Waals surface area contributed by atoms with Gasteiger partial charge in [-0.2, -0.15) is 0 Å². The SMILES string of the molecule is Cc1ccc(CN2CC(C(=O)Nc3ccc(-n4ccnc4C)c(F)c3)CC2=O)cc1. The summed E-state index contributed by atoms with van der Waals surface area (Å²) in [5.41, 5.74) is 2.92. The van der Waals surface area contributed by atoms with E-state index >= 15 is 0 Å². The van der Waals surface area contributed by atoms with E-state index in [2.05, 4.69) is 10.3 Å². The van der Waals surface area contributed by atoms with Gasteiger partial charge >= 0.3 is 0 Å². The lowest BCUT2D eigenvalue weighted by Gasteiger charge is -2.17. The first-order chi connectivity index (χ1) is 14.4. The lowest BCUT2D eigenvalue weighted by molar-refractivity contribution is -0.128. The summed E-state index contributed by atoms with van der Waals surface area (Å²) in [6.45, 7) is 4.63. The molecular weight excluding hydrogens is 383 g/mol. The molecule has 2 amide bonds. The minimum atomic E-state index is -0.461. The Hall–Kier alpha value is -3.48. The van der Waals surface area contributed by atoms with Crippen molar-refractivity contribution in [3.63, 3.8) is 0 Å². The van der Waals surface area contributed by atoms with E-state index in [-0.39, 0.29) is 18.2 Å². The molecule has 1 saturated heterocycles. The second-order valence-corrected chi connectivity index (χ2v) is 7.66. The monoisotopic (exact) mass is 406 g/mol. The summed E-state index contributed by atoms with van der Waals surface area (Å²) in [4.78, 5) is 30.8. The van der Waals surface area contributed by atoms with Gasteiger partial charge in [-0.15, -0.1) is 0 Å². The van der Waals surface area contributed by atoms with Crippen molar-refractivity contribution in [3.8, 4) is 5.69 Å². The predicted molar refractivity (Wildman–Crippen MR) is 112 cm³/mol. The molecular formula is C23H23FN4O2. The number of halogens is 1. The van der Waals surface area contributed by atoms with E-state index in [0.717, 1.165) is 11.1 Å². The van der Waals surface area contributed by atoms with E-state index in [0.29, 0.717) is 30.3 Å². The molecule has 1 unspecified atom stereocenters. The maximum atomic E-state index is 14.6. The Morgan fingerprint density at radius 2 is 1.97 bits per heavy atom. The standard InChI is InChI=1S/C23H23FN4O2/c1-15-3-5-17(6-4-15)13-27-14-18(11-22(27)29)23(30)26-19-7-8-21(20(24)12-19)28-10-9-25-16(28)2/h3-10,12,18H,11,13-14H2,1-2H3,(H,26,30). The summed E-state index contributed by atoms with van der Waals surface area (Å²) < 4.78 is 16.2. The fourth-order valence-electron chi connectivity index (χ4n) is 3.67. The highest BCUT2D eigenvalue weighted by Gasteiger charge is 2.34. The van der Waals surface area contributed by atoms with Crippen LogP contribution in [0.2, 0.25) is 0 Å². The van der Waals surface area contributed by atoms with Crippen molar-refractivity contribution in [2.45, 2.75) is 26.8 Å². The van der Waals surface area contributed by atoms with Gasteiger partial charge in [0.2, 0.25) is 11.8 Å². The second-order valence-electron chi connectivity index (χ2n) is 7.66. The number of likely N-dealkylation sites (tertiary alicyclic amines) is 1. The van der Waals surface area contributed by atoms with Gasteiger partial charge in [0.15, 0.2) is 0 Å². The zero-order chi connectivity index (χ0) is 21.3. The van der Waals surface area contributed by atoms with Gasteiger partial charge in [0, 0.05) is 37.6 Å². The van der Waals surface area contributed by atoms with Crippen LogP contribution < -0.4 is 5.32 Å². The maximum absolute atomic E-state index is 14.6. The van der Waals surface area contributed by atoms with E-state index in [1.54, 1.807) is 40.9 Å². The molecule has 0 aliphatic carbocycles. The molecule has 0 saturated carbocycles. The van der Waals surface area contributed by atoms with Gasteiger partial charge in [-0.25, -0.2) is 9.37 Å². The van der Waals surface area contributed by atoms with Crippen LogP contribution in [-0.2, 0) is 16.1 Å². The van der Waals surface area contributed by atoms with E-state index in [1.165, 1.54) is 6.07 Å². The Morgan fingerprint density at radius 3 is 2.63 bits per heavy atom. The number of rotatable bonds is 5. The Labute approximate surface area is 174 Å². The molecule has 1 fully saturated rings. The molecule has 6 nitrogen and oxygen atoms in total. The van der Waals surface area contributed by atoms with Crippen LogP contribution in [0.25, 0.3) is 5.69 Å². The zero-order valence-corrected chi connectivity index (χ0v) is 16.9. The van der Waals surface area contributed by atoms with Gasteiger partial charge in [-0.1, -0.05) is 29.8 Å². The highest BCUT2D eigenvalue weighted by Crippen LogP contribution is 2.24. The van der Waals surface area contributed by atoms with Crippen LogP contribution in [0.1, 0.15) is 23.4 Å². The molecule has 4 rings (SSSR count). The number of benzene rings is 2. The van der Waals surface area contributed by atoms with Crippen LogP contribution in [0.4, 0.5) is 10.1 Å². The highest BCUT2D eigenvalue weighted by atomic mass is 19.1. The quantitative estimate of drug-likeness (QED) is 0.704. The van der Waals surface area contributed by atoms with Crippen molar-refractivity contribution in [1.82, 2.24) is 14.5 Å². The minimum absolute atomic E-state index is 0.0483. The Morgan fingerprint density at radius 1 is 1.20 bits per heavy atom. The van der Waals surface area contributed by atoms with Crippen molar-refractivity contribution >= 4 is 17.5 Å². The van der Waals surface area contributed by atoms with Gasteiger partial charge in [0.1, 0.15) is 11.6 Å². The first-order valence-electron chi connectivity index (χ1n) is 9.85. The number of imidazole rings is 1. The van der Waals surface area contributed by atoms with Crippen LogP contribution in [0.15, 0.2) is 54.9 Å². The van der Waals surface area contributed by atoms with Gasteiger partial charge in [0.05, 0.1) is 11.6 Å². The maximum Gasteiger partial charge on any atom is 0.229 e. The Balaban J connectivity index is 1.40. The van der Waals surface area contributed by atoms with Crippen molar-refractivity contribution in [1.29, 1.82) is 0 Å². The van der Waals surface area contributed by atoms with Gasteiger partial charge in [-0.3, -0.25) is 9.59 Å². The number of aryl methyl sites for hydroxylation is 2. The van der Waals surface area contributed by atoms with Gasteiger partial charge in [0.25, 0.3) is 0 Å². The molecule has 154 valence electrons. The first-order valence-corrected chi connectivity index (χ1v) is 9.85. The molecule has 0 spiro atoms. The smallest absolute Gasteiger partial charge is 0.229 e. The largest absolute Gasteiger partial charge is 0.338 e. The van der Waals surface area contributed by atoms with Gasteiger partial charge < -0.3 is 14.8 Å². The second kappa shape index (κ2) is 8.10. The third-order valence-electron chi connectivity index (χ3n) is 5.38. The fraction of sp³-hybridized carbons (Fsp3) is 0.261. The van der Waals surface area contributed by atoms with E-state index in [4.69, 9.17) is 0 Å². The summed E-state index contributed by atoms with van der Waals surface area (Å²) in [6.07, 6.45) is 3.44. The lowest BCUT2D eigenvalue weighted by Crippen LogP contribution is -2.28. The van der Waals surface area contributed by atoms with Crippen LogP contribution in [-0.4, -0.2) is 32.8 Å². The third-order valence-corrected chi connectivity index (χ3v) is 5.38. The number of amides is 2. The summed E-state index contributed by atoms with van der Waals surface area (Å²) in [6, 6.07) is 12.5. The number of anilines is 1. The molecule has 0 radical (unpaired) electrons. The Kier molecular flexibility index (Phi) is 5.35. The topological polar surface area (TPSA) is 67.2 Å². The van der Waals surface area contributed by atoms with Crippen LogP contribution in [0.5, 0.6) is 0 Å². The molecule has 1 atom stereocenters. The van der Waals surface area contributed by atoms with Crippen molar-refractivity contribution in [2.75, 3.05) is 11.9 Å². The normalized spacial score (nSPS) is 16.2. The predicted octanol–water partition coefficient (Wildman–Crippen LogP) is 3.62. The number of hydrogen-bond acceptors (Lipinski definition) is 3. The molecule has 7 heteroatoms. The number of hydrogen-bond donors (Lipinski definition) is 1.